The summed E-state index contributed by atoms with van der Waals surface area (Å²) < 4.78 is 10.7. The molecular formula is C23H26ClNO7S. The summed E-state index contributed by atoms with van der Waals surface area (Å²) in [6, 6.07) is 7.09. The minimum atomic E-state index is -1.27. The van der Waals surface area contributed by atoms with Crippen molar-refractivity contribution < 1.29 is 34.1 Å². The molecule has 0 spiro atoms. The molecule has 10 heteroatoms. The molecule has 0 bridgehead atoms. The molecule has 1 saturated carbocycles. The monoisotopic (exact) mass is 495 g/mol. The van der Waals surface area contributed by atoms with Crippen LogP contribution >= 0.6 is 22.9 Å². The summed E-state index contributed by atoms with van der Waals surface area (Å²) in [4.78, 5) is 37.5. The Balaban J connectivity index is 2.02. The Bertz CT molecular complexity index is 1030. The maximum absolute atomic E-state index is 13.0. The van der Waals surface area contributed by atoms with E-state index >= 15 is 0 Å². The van der Waals surface area contributed by atoms with Crippen molar-refractivity contribution in [3.8, 4) is 16.2 Å². The van der Waals surface area contributed by atoms with E-state index < -0.39 is 24.6 Å². The van der Waals surface area contributed by atoms with Crippen LogP contribution in [0.15, 0.2) is 24.3 Å². The highest BCUT2D eigenvalue weighted by atomic mass is 35.5. The average molecular weight is 496 g/mol. The molecule has 8 nitrogen and oxygen atoms in total. The first-order valence-corrected chi connectivity index (χ1v) is 11.9. The Morgan fingerprint density at radius 1 is 1.18 bits per heavy atom. The van der Waals surface area contributed by atoms with Gasteiger partial charge in [0.2, 0.25) is 0 Å². The molecule has 0 aliphatic heterocycles. The van der Waals surface area contributed by atoms with Crippen LogP contribution in [0, 0.1) is 0 Å². The van der Waals surface area contributed by atoms with Crippen LogP contribution < -0.4 is 9.64 Å². The fraction of sp³-hybridized carbons (Fsp3) is 0.435. The van der Waals surface area contributed by atoms with Gasteiger partial charge < -0.3 is 19.7 Å². The lowest BCUT2D eigenvalue weighted by atomic mass is 9.94. The molecule has 1 amide bonds. The zero-order valence-corrected chi connectivity index (χ0v) is 19.9. The number of hydrogen-bond donors (Lipinski definition) is 2. The van der Waals surface area contributed by atoms with E-state index in [1.54, 1.807) is 43.0 Å². The van der Waals surface area contributed by atoms with Crippen LogP contribution in [0.2, 0.25) is 5.02 Å². The molecular weight excluding hydrogens is 470 g/mol. The highest BCUT2D eigenvalue weighted by Crippen LogP contribution is 2.46. The van der Waals surface area contributed by atoms with E-state index in [-0.39, 0.29) is 27.8 Å². The molecule has 0 unspecified atom stereocenters. The zero-order valence-electron chi connectivity index (χ0n) is 18.4. The zero-order chi connectivity index (χ0) is 24.1. The lowest BCUT2D eigenvalue weighted by Crippen LogP contribution is -2.42. The maximum Gasteiger partial charge on any atom is 0.414 e. The van der Waals surface area contributed by atoms with Crippen molar-refractivity contribution in [3.05, 3.63) is 34.2 Å². The van der Waals surface area contributed by atoms with E-state index in [2.05, 4.69) is 0 Å². The van der Waals surface area contributed by atoms with Gasteiger partial charge in [-0.15, -0.1) is 11.3 Å². The highest BCUT2D eigenvalue weighted by molar-refractivity contribution is 7.18. The van der Waals surface area contributed by atoms with Gasteiger partial charge in [-0.25, -0.2) is 14.4 Å². The van der Waals surface area contributed by atoms with Crippen molar-refractivity contribution in [3.63, 3.8) is 0 Å². The van der Waals surface area contributed by atoms with E-state index in [1.165, 1.54) is 0 Å². The normalized spacial score (nSPS) is 14.2. The Hall–Kier alpha value is -2.78. The number of carboxylic acids is 2. The minimum Gasteiger partial charge on any atom is -0.479 e. The van der Waals surface area contributed by atoms with Crippen LogP contribution in [0.3, 0.4) is 0 Å². The standard InChI is InChI=1S/C23H26ClNO7S/c1-13(2)32-23(30)25(15-8-4-3-5-9-15)16-10-6-7-14(11-16)20-18(24)19(31-12-17(26)27)21(33-20)22(28)29/h6-7,10-11,13,15H,3-5,8-9,12H2,1-2H3,(H,26,27)(H,28,29). The SMILES string of the molecule is CC(C)OC(=O)N(c1cccc(-c2sc(C(=O)O)c(OCC(=O)O)c2Cl)c1)C1CCCCC1. The molecule has 1 aliphatic carbocycles. The van der Waals surface area contributed by atoms with Gasteiger partial charge in [-0.3, -0.25) is 4.90 Å². The molecule has 2 aromatic rings. The van der Waals surface area contributed by atoms with Crippen molar-refractivity contribution in [2.75, 3.05) is 11.5 Å². The number of carbonyl (C=O) groups excluding carboxylic acids is 1. The van der Waals surface area contributed by atoms with Crippen molar-refractivity contribution in [2.24, 2.45) is 0 Å². The maximum atomic E-state index is 13.0. The van der Waals surface area contributed by atoms with E-state index in [0.717, 1.165) is 43.4 Å². The Morgan fingerprint density at radius 2 is 1.88 bits per heavy atom. The number of benzene rings is 1. The Morgan fingerprint density at radius 3 is 2.48 bits per heavy atom. The Kier molecular flexibility index (Phi) is 8.20. The number of anilines is 1. The summed E-state index contributed by atoms with van der Waals surface area (Å²) in [7, 11) is 0. The fourth-order valence-electron chi connectivity index (χ4n) is 3.85. The van der Waals surface area contributed by atoms with Crippen LogP contribution in [0.25, 0.3) is 10.4 Å². The summed E-state index contributed by atoms with van der Waals surface area (Å²) in [5.74, 6) is -2.70. The number of thiophene rings is 1. The molecule has 1 heterocycles. The molecule has 2 N–H and O–H groups in total. The van der Waals surface area contributed by atoms with E-state index in [9.17, 15) is 19.5 Å². The first kappa shape index (κ1) is 24.9. The third-order valence-corrected chi connectivity index (χ3v) is 6.88. The van der Waals surface area contributed by atoms with Crippen molar-refractivity contribution in [1.29, 1.82) is 0 Å². The second-order valence-corrected chi connectivity index (χ2v) is 9.43. The third kappa shape index (κ3) is 5.97. The predicted octanol–water partition coefficient (Wildman–Crippen LogP) is 5.91. The van der Waals surface area contributed by atoms with Crippen LogP contribution in [0.4, 0.5) is 10.5 Å². The first-order chi connectivity index (χ1) is 15.7. The third-order valence-electron chi connectivity index (χ3n) is 5.20. The molecule has 3 rings (SSSR count). The summed E-state index contributed by atoms with van der Waals surface area (Å²) in [5, 5.41) is 18.5. The smallest absolute Gasteiger partial charge is 0.414 e. The number of rotatable bonds is 8. The summed E-state index contributed by atoms with van der Waals surface area (Å²) >= 11 is 7.32. The average Bonchev–Trinajstić information content (AvgIpc) is 3.09. The van der Waals surface area contributed by atoms with Gasteiger partial charge in [0.15, 0.2) is 17.2 Å². The number of carbonyl (C=O) groups is 3. The number of aliphatic carboxylic acids is 1. The van der Waals surface area contributed by atoms with E-state index in [0.29, 0.717) is 16.1 Å². The minimum absolute atomic E-state index is 0.00287. The van der Waals surface area contributed by atoms with Crippen molar-refractivity contribution in [2.45, 2.75) is 58.1 Å². The van der Waals surface area contributed by atoms with Crippen LogP contribution in [-0.4, -0.2) is 47.0 Å². The number of ether oxygens (including phenoxy) is 2. The van der Waals surface area contributed by atoms with Gasteiger partial charge in [0, 0.05) is 11.7 Å². The molecule has 0 radical (unpaired) electrons. The van der Waals surface area contributed by atoms with E-state index in [4.69, 9.17) is 26.2 Å². The summed E-state index contributed by atoms with van der Waals surface area (Å²) in [5.41, 5.74) is 1.22. The van der Waals surface area contributed by atoms with Crippen LogP contribution in [0.5, 0.6) is 5.75 Å². The Labute approximate surface area is 200 Å². The largest absolute Gasteiger partial charge is 0.479 e. The van der Waals surface area contributed by atoms with Gasteiger partial charge >= 0.3 is 18.0 Å². The number of halogens is 1. The lowest BCUT2D eigenvalue weighted by Gasteiger charge is -2.34. The second-order valence-electron chi connectivity index (χ2n) is 8.04. The van der Waals surface area contributed by atoms with Gasteiger partial charge in [-0.05, 0) is 44.4 Å². The topological polar surface area (TPSA) is 113 Å². The van der Waals surface area contributed by atoms with Gasteiger partial charge in [0.05, 0.1) is 11.0 Å². The molecule has 0 atom stereocenters. The van der Waals surface area contributed by atoms with Gasteiger partial charge in [0.25, 0.3) is 0 Å². The van der Waals surface area contributed by atoms with Gasteiger partial charge in [-0.1, -0.05) is 43.0 Å². The number of carboxylic acid groups (broad SMARTS) is 2. The quantitative estimate of drug-likeness (QED) is 0.467. The fourth-order valence-corrected chi connectivity index (χ4v) is 5.25. The van der Waals surface area contributed by atoms with E-state index in [1.807, 2.05) is 0 Å². The first-order valence-electron chi connectivity index (χ1n) is 10.7. The van der Waals surface area contributed by atoms with Crippen molar-refractivity contribution in [1.82, 2.24) is 0 Å². The molecule has 1 aromatic heterocycles. The van der Waals surface area contributed by atoms with Crippen LogP contribution in [-0.2, 0) is 9.53 Å². The molecule has 1 aliphatic rings. The predicted molar refractivity (Wildman–Crippen MR) is 126 cm³/mol. The van der Waals surface area contributed by atoms with Crippen molar-refractivity contribution >= 4 is 46.7 Å². The molecule has 178 valence electrons. The van der Waals surface area contributed by atoms with Crippen LogP contribution in [0.1, 0.15) is 55.6 Å². The lowest BCUT2D eigenvalue weighted by molar-refractivity contribution is -0.139. The molecule has 1 aromatic carbocycles. The highest BCUT2D eigenvalue weighted by Gasteiger charge is 2.30. The van der Waals surface area contributed by atoms with Gasteiger partial charge in [0.1, 0.15) is 5.02 Å². The molecule has 1 fully saturated rings. The summed E-state index contributed by atoms with van der Waals surface area (Å²) in [6.07, 6.45) is 4.22. The number of nitrogens with zero attached hydrogens (tertiary/aromatic N) is 1. The number of aromatic carboxylic acids is 1. The number of hydrogen-bond acceptors (Lipinski definition) is 6. The second kappa shape index (κ2) is 10.9. The number of amides is 1. The van der Waals surface area contributed by atoms with Gasteiger partial charge in [-0.2, -0.15) is 0 Å². The summed E-state index contributed by atoms with van der Waals surface area (Å²) in [6.45, 7) is 2.88. The molecule has 33 heavy (non-hydrogen) atoms. The molecule has 0 saturated heterocycles.